The predicted molar refractivity (Wildman–Crippen MR) is 78.0 cm³/mol. The Hall–Kier alpha value is -2.81. The van der Waals surface area contributed by atoms with Gasteiger partial charge >= 0.3 is 6.16 Å². The Bertz CT molecular complexity index is 773. The van der Waals surface area contributed by atoms with Crippen molar-refractivity contribution in [1.29, 1.82) is 0 Å². The quantitative estimate of drug-likeness (QED) is 0.545. The van der Waals surface area contributed by atoms with Gasteiger partial charge in [-0.05, 0) is 22.4 Å². The number of fused-ring (bicyclic) bond motifs is 1. The van der Waals surface area contributed by atoms with E-state index in [2.05, 4.69) is 0 Å². The van der Waals surface area contributed by atoms with Crippen LogP contribution in [0.1, 0.15) is 0 Å². The molecule has 3 aromatic rings. The Morgan fingerprint density at radius 1 is 0.800 bits per heavy atom. The van der Waals surface area contributed by atoms with E-state index in [0.29, 0.717) is 5.75 Å². The van der Waals surface area contributed by atoms with Crippen molar-refractivity contribution >= 4 is 16.9 Å². The molecule has 0 aliphatic heterocycles. The Morgan fingerprint density at radius 2 is 1.45 bits per heavy atom. The standard InChI is InChI=1S/C17H12O3/c18-17(19)20-16-11-4-3-9-15(16)14-10-5-7-12-6-1-2-8-13(12)14/h1-11H,(H,18,19). The Morgan fingerprint density at radius 3 is 2.30 bits per heavy atom. The van der Waals surface area contributed by atoms with E-state index in [9.17, 15) is 4.79 Å². The molecule has 0 aliphatic carbocycles. The third kappa shape index (κ3) is 2.21. The topological polar surface area (TPSA) is 46.5 Å². The highest BCUT2D eigenvalue weighted by atomic mass is 16.7. The Kier molecular flexibility index (Phi) is 3.09. The van der Waals surface area contributed by atoms with Gasteiger partial charge in [-0.25, -0.2) is 4.79 Å². The molecule has 0 radical (unpaired) electrons. The van der Waals surface area contributed by atoms with E-state index in [1.165, 1.54) is 0 Å². The molecule has 3 nitrogen and oxygen atoms in total. The largest absolute Gasteiger partial charge is 0.511 e. The molecule has 0 saturated carbocycles. The van der Waals surface area contributed by atoms with Crippen LogP contribution in [0, 0.1) is 0 Å². The molecule has 0 saturated heterocycles. The van der Waals surface area contributed by atoms with Crippen LogP contribution in [0.4, 0.5) is 4.79 Å². The molecule has 0 atom stereocenters. The molecule has 98 valence electrons. The van der Waals surface area contributed by atoms with Gasteiger partial charge in [-0.3, -0.25) is 0 Å². The summed E-state index contributed by atoms with van der Waals surface area (Å²) < 4.78 is 4.87. The van der Waals surface area contributed by atoms with Crippen molar-refractivity contribution in [3.63, 3.8) is 0 Å². The first-order valence-corrected chi connectivity index (χ1v) is 6.23. The minimum atomic E-state index is -1.31. The average molecular weight is 264 g/mol. The van der Waals surface area contributed by atoms with Gasteiger partial charge < -0.3 is 9.84 Å². The molecule has 0 bridgehead atoms. The number of ether oxygens (including phenoxy) is 1. The molecule has 3 aromatic carbocycles. The summed E-state index contributed by atoms with van der Waals surface area (Å²) in [5.41, 5.74) is 1.73. The van der Waals surface area contributed by atoms with Gasteiger partial charge in [0.25, 0.3) is 0 Å². The van der Waals surface area contributed by atoms with Crippen molar-refractivity contribution in [2.75, 3.05) is 0 Å². The average Bonchev–Trinajstić information content (AvgIpc) is 2.47. The maximum atomic E-state index is 10.8. The molecule has 0 heterocycles. The number of rotatable bonds is 2. The van der Waals surface area contributed by atoms with Gasteiger partial charge in [0.2, 0.25) is 0 Å². The van der Waals surface area contributed by atoms with Crippen molar-refractivity contribution in [3.8, 4) is 16.9 Å². The van der Waals surface area contributed by atoms with Crippen LogP contribution in [0.25, 0.3) is 21.9 Å². The van der Waals surface area contributed by atoms with Crippen molar-refractivity contribution in [2.45, 2.75) is 0 Å². The van der Waals surface area contributed by atoms with Crippen molar-refractivity contribution in [2.24, 2.45) is 0 Å². The number of hydrogen-bond acceptors (Lipinski definition) is 2. The molecule has 0 aliphatic rings. The van der Waals surface area contributed by atoms with E-state index >= 15 is 0 Å². The minimum absolute atomic E-state index is 0.344. The second-order valence-electron chi connectivity index (χ2n) is 4.39. The van der Waals surface area contributed by atoms with Crippen molar-refractivity contribution in [1.82, 2.24) is 0 Å². The number of carboxylic acid groups (broad SMARTS) is 1. The van der Waals surface area contributed by atoms with E-state index in [-0.39, 0.29) is 0 Å². The molecular weight excluding hydrogens is 252 g/mol. The second-order valence-corrected chi connectivity index (χ2v) is 4.39. The molecule has 1 N–H and O–H groups in total. The van der Waals surface area contributed by atoms with Crippen LogP contribution in [0.3, 0.4) is 0 Å². The summed E-state index contributed by atoms with van der Waals surface area (Å²) in [6.45, 7) is 0. The molecule has 3 rings (SSSR count). The zero-order chi connectivity index (χ0) is 13.9. The first kappa shape index (κ1) is 12.2. The van der Waals surface area contributed by atoms with Gasteiger partial charge in [0.15, 0.2) is 0 Å². The van der Waals surface area contributed by atoms with Gasteiger partial charge in [-0.1, -0.05) is 60.7 Å². The van der Waals surface area contributed by atoms with E-state index in [1.54, 1.807) is 12.1 Å². The third-order valence-corrected chi connectivity index (χ3v) is 3.16. The Labute approximate surface area is 116 Å². The normalized spacial score (nSPS) is 10.4. The van der Waals surface area contributed by atoms with Crippen LogP contribution < -0.4 is 4.74 Å². The molecule has 0 spiro atoms. The number of carbonyl (C=O) groups is 1. The van der Waals surface area contributed by atoms with Crippen LogP contribution in [0.5, 0.6) is 5.75 Å². The summed E-state index contributed by atoms with van der Waals surface area (Å²) in [4.78, 5) is 10.8. The van der Waals surface area contributed by atoms with Crippen LogP contribution in [0.2, 0.25) is 0 Å². The third-order valence-electron chi connectivity index (χ3n) is 3.16. The first-order valence-electron chi connectivity index (χ1n) is 6.23. The highest BCUT2D eigenvalue weighted by Crippen LogP contribution is 2.34. The lowest BCUT2D eigenvalue weighted by Gasteiger charge is -2.10. The smallest absolute Gasteiger partial charge is 0.449 e. The monoisotopic (exact) mass is 264 g/mol. The van der Waals surface area contributed by atoms with Gasteiger partial charge in [0.1, 0.15) is 5.75 Å². The minimum Gasteiger partial charge on any atom is -0.449 e. The molecule has 20 heavy (non-hydrogen) atoms. The summed E-state index contributed by atoms with van der Waals surface area (Å²) in [7, 11) is 0. The molecular formula is C17H12O3. The molecule has 3 heteroatoms. The molecule has 0 amide bonds. The zero-order valence-corrected chi connectivity index (χ0v) is 10.6. The SMILES string of the molecule is O=C(O)Oc1ccccc1-c1cccc2ccccc12. The summed E-state index contributed by atoms with van der Waals surface area (Å²) >= 11 is 0. The maximum absolute atomic E-state index is 10.8. The Balaban J connectivity index is 2.23. The highest BCUT2D eigenvalue weighted by molar-refractivity contribution is 5.98. The van der Waals surface area contributed by atoms with Gasteiger partial charge in [0, 0.05) is 5.56 Å². The summed E-state index contributed by atoms with van der Waals surface area (Å²) in [6.07, 6.45) is -1.31. The van der Waals surface area contributed by atoms with Crippen LogP contribution in [-0.4, -0.2) is 11.3 Å². The number of benzene rings is 3. The highest BCUT2D eigenvalue weighted by Gasteiger charge is 2.11. The lowest BCUT2D eigenvalue weighted by Crippen LogP contribution is -2.04. The number of hydrogen-bond donors (Lipinski definition) is 1. The predicted octanol–water partition coefficient (Wildman–Crippen LogP) is 4.56. The van der Waals surface area contributed by atoms with Gasteiger partial charge in [-0.2, -0.15) is 0 Å². The molecule has 0 unspecified atom stereocenters. The fourth-order valence-corrected chi connectivity index (χ4v) is 2.33. The van der Waals surface area contributed by atoms with E-state index < -0.39 is 6.16 Å². The fraction of sp³-hybridized carbons (Fsp3) is 0. The lowest BCUT2D eigenvalue weighted by molar-refractivity contribution is 0.144. The first-order chi connectivity index (χ1) is 9.75. The molecule has 0 fully saturated rings. The van der Waals surface area contributed by atoms with Gasteiger partial charge in [0.05, 0.1) is 0 Å². The summed E-state index contributed by atoms with van der Waals surface area (Å²) in [6, 6.07) is 21.1. The summed E-state index contributed by atoms with van der Waals surface area (Å²) in [5.74, 6) is 0.344. The van der Waals surface area contributed by atoms with Crippen LogP contribution in [0.15, 0.2) is 66.7 Å². The second kappa shape index (κ2) is 5.05. The van der Waals surface area contributed by atoms with E-state index in [4.69, 9.17) is 9.84 Å². The van der Waals surface area contributed by atoms with E-state index in [0.717, 1.165) is 21.9 Å². The van der Waals surface area contributed by atoms with Crippen molar-refractivity contribution < 1.29 is 14.6 Å². The van der Waals surface area contributed by atoms with E-state index in [1.807, 2.05) is 54.6 Å². The fourth-order valence-electron chi connectivity index (χ4n) is 2.33. The van der Waals surface area contributed by atoms with Crippen molar-refractivity contribution in [3.05, 3.63) is 66.7 Å². The number of para-hydroxylation sites is 1. The molecule has 0 aromatic heterocycles. The lowest BCUT2D eigenvalue weighted by atomic mass is 9.98. The zero-order valence-electron chi connectivity index (χ0n) is 10.6. The maximum Gasteiger partial charge on any atom is 0.511 e. The van der Waals surface area contributed by atoms with Crippen LogP contribution in [-0.2, 0) is 0 Å². The van der Waals surface area contributed by atoms with Gasteiger partial charge in [-0.15, -0.1) is 0 Å². The van der Waals surface area contributed by atoms with Crippen LogP contribution >= 0.6 is 0 Å². The summed E-state index contributed by atoms with van der Waals surface area (Å²) in [5, 5.41) is 11.0.